The molecule has 1 aromatic rings. The molecule has 7 heteroatoms. The molecule has 0 bridgehead atoms. The van der Waals surface area contributed by atoms with Gasteiger partial charge in [0.2, 0.25) is 0 Å². The molecule has 0 spiro atoms. The van der Waals surface area contributed by atoms with Crippen LogP contribution in [0.25, 0.3) is 0 Å². The van der Waals surface area contributed by atoms with Crippen molar-refractivity contribution < 1.29 is 18.0 Å². The van der Waals surface area contributed by atoms with Crippen LogP contribution in [0.2, 0.25) is 0 Å². The van der Waals surface area contributed by atoms with Gasteiger partial charge in [-0.1, -0.05) is 17.7 Å². The Morgan fingerprint density at radius 1 is 1.43 bits per heavy atom. The zero-order valence-corrected chi connectivity index (χ0v) is 12.0. The van der Waals surface area contributed by atoms with E-state index in [1.165, 1.54) is 6.07 Å². The first-order chi connectivity index (χ1) is 9.90. The Morgan fingerprint density at radius 2 is 2.19 bits per heavy atom. The number of likely N-dealkylation sites (tertiary alicyclic amines) is 1. The Kier molecular flexibility index (Phi) is 5.11. The molecule has 0 aliphatic carbocycles. The molecular formula is C14H16ClF3N2O. The fourth-order valence-electron chi connectivity index (χ4n) is 2.46. The predicted molar refractivity (Wildman–Crippen MR) is 75.4 cm³/mol. The summed E-state index contributed by atoms with van der Waals surface area (Å²) in [4.78, 5) is 12.5. The molecule has 1 aromatic carbocycles. The predicted octanol–water partition coefficient (Wildman–Crippen LogP) is 3.35. The molecular weight excluding hydrogens is 305 g/mol. The van der Waals surface area contributed by atoms with Crippen LogP contribution in [0.5, 0.6) is 0 Å². The summed E-state index contributed by atoms with van der Waals surface area (Å²) < 4.78 is 38.0. The van der Waals surface area contributed by atoms with Crippen molar-refractivity contribution in [2.24, 2.45) is 0 Å². The molecule has 1 saturated heterocycles. The van der Waals surface area contributed by atoms with Crippen molar-refractivity contribution >= 4 is 23.6 Å². The largest absolute Gasteiger partial charge is 0.416 e. The minimum atomic E-state index is -4.35. The number of aldehydes is 1. The molecule has 0 aromatic heterocycles. The van der Waals surface area contributed by atoms with Crippen LogP contribution < -0.4 is 5.32 Å². The summed E-state index contributed by atoms with van der Waals surface area (Å²) in [6, 6.07) is 5.09. The van der Waals surface area contributed by atoms with Crippen molar-refractivity contribution in [2.45, 2.75) is 30.6 Å². The third kappa shape index (κ3) is 4.35. The number of nitrogens with zero attached hydrogens (tertiary/aromatic N) is 1. The first-order valence-corrected chi connectivity index (χ1v) is 7.11. The molecule has 1 N–H and O–H groups in total. The van der Waals surface area contributed by atoms with Gasteiger partial charge in [-0.25, -0.2) is 0 Å². The van der Waals surface area contributed by atoms with Crippen LogP contribution in [0.1, 0.15) is 18.4 Å². The molecule has 1 aliphatic rings. The van der Waals surface area contributed by atoms with Gasteiger partial charge in [0, 0.05) is 24.8 Å². The summed E-state index contributed by atoms with van der Waals surface area (Å²) in [5.74, 6) is 0. The molecule has 3 nitrogen and oxygen atoms in total. The lowest BCUT2D eigenvalue weighted by Crippen LogP contribution is -2.45. The fraction of sp³-hybridized carbons (Fsp3) is 0.500. The maximum absolute atomic E-state index is 12.7. The number of carbonyl (C=O) groups excluding carboxylic acids is 1. The molecule has 1 fully saturated rings. The first-order valence-electron chi connectivity index (χ1n) is 6.67. The summed E-state index contributed by atoms with van der Waals surface area (Å²) >= 11 is 5.88. The number of piperidine rings is 1. The van der Waals surface area contributed by atoms with Crippen molar-refractivity contribution in [2.75, 3.05) is 18.4 Å². The monoisotopic (exact) mass is 320 g/mol. The van der Waals surface area contributed by atoms with E-state index in [-0.39, 0.29) is 6.04 Å². The Morgan fingerprint density at radius 3 is 2.86 bits per heavy atom. The van der Waals surface area contributed by atoms with Crippen LogP contribution in [-0.4, -0.2) is 35.8 Å². The second kappa shape index (κ2) is 6.66. The highest BCUT2D eigenvalue weighted by atomic mass is 35.5. The zero-order valence-electron chi connectivity index (χ0n) is 11.2. The van der Waals surface area contributed by atoms with Gasteiger partial charge in [0.15, 0.2) is 6.29 Å². The number of alkyl halides is 4. The van der Waals surface area contributed by atoms with Crippen LogP contribution >= 0.6 is 11.6 Å². The summed E-state index contributed by atoms with van der Waals surface area (Å²) in [5.41, 5.74) is -0.937. The highest BCUT2D eigenvalue weighted by Crippen LogP contribution is 2.31. The average molecular weight is 321 g/mol. The number of nitrogens with one attached hydrogen (secondary N) is 1. The van der Waals surface area contributed by atoms with Crippen LogP contribution in [-0.2, 0) is 11.0 Å². The van der Waals surface area contributed by atoms with Crippen molar-refractivity contribution in [3.8, 4) is 0 Å². The summed E-state index contributed by atoms with van der Waals surface area (Å²) in [5, 5.41) is 3.09. The fourth-order valence-corrected chi connectivity index (χ4v) is 2.63. The Balaban J connectivity index is 2.03. The highest BCUT2D eigenvalue weighted by molar-refractivity contribution is 6.27. The van der Waals surface area contributed by atoms with E-state index in [9.17, 15) is 18.0 Å². The zero-order chi connectivity index (χ0) is 15.5. The average Bonchev–Trinajstić information content (AvgIpc) is 2.46. The van der Waals surface area contributed by atoms with Crippen molar-refractivity contribution in [1.82, 2.24) is 4.90 Å². The molecule has 116 valence electrons. The van der Waals surface area contributed by atoms with Crippen molar-refractivity contribution in [1.29, 1.82) is 0 Å². The van der Waals surface area contributed by atoms with E-state index in [0.29, 0.717) is 25.1 Å². The van der Waals surface area contributed by atoms with Gasteiger partial charge in [0.25, 0.3) is 0 Å². The molecule has 21 heavy (non-hydrogen) atoms. The third-order valence-electron chi connectivity index (χ3n) is 3.47. The molecule has 0 radical (unpaired) electrons. The summed E-state index contributed by atoms with van der Waals surface area (Å²) in [6.07, 6.45) is -2.02. The minimum absolute atomic E-state index is 0.0246. The van der Waals surface area contributed by atoms with E-state index in [1.807, 2.05) is 4.90 Å². The first kappa shape index (κ1) is 16.1. The molecule has 1 heterocycles. The van der Waals surface area contributed by atoms with E-state index in [1.54, 1.807) is 6.07 Å². The molecule has 0 unspecified atom stereocenters. The molecule has 1 aliphatic heterocycles. The molecule has 2 rings (SSSR count). The Labute approximate surface area is 126 Å². The standard InChI is InChI=1S/C14H16ClF3N2O/c15-13(9-21)20-6-2-5-12(8-20)19-11-4-1-3-10(7-11)14(16,17)18/h1,3-4,7,9,12-13,19H,2,5-6,8H2/t12-,13-/m1/s1. The van der Waals surface area contributed by atoms with Gasteiger partial charge < -0.3 is 10.1 Å². The van der Waals surface area contributed by atoms with Gasteiger partial charge >= 0.3 is 6.18 Å². The second-order valence-corrected chi connectivity index (χ2v) is 5.51. The quantitative estimate of drug-likeness (QED) is 0.524. The van der Waals surface area contributed by atoms with Crippen LogP contribution in [0.4, 0.5) is 18.9 Å². The number of anilines is 1. The maximum atomic E-state index is 12.7. The Bertz CT molecular complexity index is 495. The number of carbonyl (C=O) groups is 1. The highest BCUT2D eigenvalue weighted by Gasteiger charge is 2.31. The lowest BCUT2D eigenvalue weighted by molar-refractivity contribution is -0.137. The summed E-state index contributed by atoms with van der Waals surface area (Å²) in [6.45, 7) is 1.25. The molecule has 0 saturated carbocycles. The van der Waals surface area contributed by atoms with E-state index < -0.39 is 17.2 Å². The number of hydrogen-bond donors (Lipinski definition) is 1. The number of hydrogen-bond acceptors (Lipinski definition) is 3. The van der Waals surface area contributed by atoms with Gasteiger partial charge in [-0.15, -0.1) is 0 Å². The number of benzene rings is 1. The topological polar surface area (TPSA) is 32.3 Å². The smallest absolute Gasteiger partial charge is 0.381 e. The van der Waals surface area contributed by atoms with Crippen molar-refractivity contribution in [3.05, 3.63) is 29.8 Å². The Hall–Kier alpha value is -1.27. The molecule has 0 amide bonds. The third-order valence-corrected chi connectivity index (χ3v) is 3.85. The lowest BCUT2D eigenvalue weighted by Gasteiger charge is -2.34. The van der Waals surface area contributed by atoms with E-state index in [4.69, 9.17) is 11.6 Å². The SMILES string of the molecule is O=C[C@H](Cl)N1CCC[C@@H](Nc2cccc(C(F)(F)F)c2)C1. The minimum Gasteiger partial charge on any atom is -0.381 e. The van der Waals surface area contributed by atoms with Crippen LogP contribution in [0.3, 0.4) is 0 Å². The maximum Gasteiger partial charge on any atom is 0.416 e. The second-order valence-electron chi connectivity index (χ2n) is 5.07. The van der Waals surface area contributed by atoms with Crippen LogP contribution in [0, 0.1) is 0 Å². The van der Waals surface area contributed by atoms with E-state index >= 15 is 0 Å². The van der Waals surface area contributed by atoms with E-state index in [0.717, 1.165) is 25.0 Å². The lowest BCUT2D eigenvalue weighted by atomic mass is 10.0. The van der Waals surface area contributed by atoms with Gasteiger partial charge in [-0.2, -0.15) is 13.2 Å². The van der Waals surface area contributed by atoms with Gasteiger partial charge in [0.05, 0.1) is 5.56 Å². The van der Waals surface area contributed by atoms with Crippen molar-refractivity contribution in [3.63, 3.8) is 0 Å². The number of halogens is 4. The van der Waals surface area contributed by atoms with Gasteiger partial charge in [-0.05, 0) is 31.0 Å². The normalized spacial score (nSPS) is 21.8. The van der Waals surface area contributed by atoms with Crippen LogP contribution in [0.15, 0.2) is 24.3 Å². The van der Waals surface area contributed by atoms with E-state index in [2.05, 4.69) is 5.32 Å². The molecule has 2 atom stereocenters. The number of rotatable bonds is 4. The van der Waals surface area contributed by atoms with Gasteiger partial charge in [-0.3, -0.25) is 4.90 Å². The summed E-state index contributed by atoms with van der Waals surface area (Å²) in [7, 11) is 0. The van der Waals surface area contributed by atoms with Gasteiger partial charge in [0.1, 0.15) is 5.50 Å².